The van der Waals surface area contributed by atoms with Gasteiger partial charge < -0.3 is 4.74 Å². The summed E-state index contributed by atoms with van der Waals surface area (Å²) < 4.78 is 4.94. The van der Waals surface area contributed by atoms with E-state index in [1.165, 1.54) is 0 Å². The van der Waals surface area contributed by atoms with Crippen molar-refractivity contribution >= 4 is 22.8 Å². The summed E-state index contributed by atoms with van der Waals surface area (Å²) in [5.74, 6) is 0.249. The normalized spacial score (nSPS) is 11.9. The van der Waals surface area contributed by atoms with E-state index in [-0.39, 0.29) is 5.78 Å². The fraction of sp³-hybridized carbons (Fsp3) is 0. The van der Waals surface area contributed by atoms with Crippen molar-refractivity contribution in [2.75, 3.05) is 0 Å². The van der Waals surface area contributed by atoms with Gasteiger partial charge in [-0.1, -0.05) is 36.4 Å². The highest BCUT2D eigenvalue weighted by atomic mass is 35.5. The van der Waals surface area contributed by atoms with Crippen molar-refractivity contribution in [2.45, 2.75) is 0 Å². The highest BCUT2D eigenvalue weighted by molar-refractivity contribution is 6.61. The van der Waals surface area contributed by atoms with Gasteiger partial charge in [-0.25, -0.2) is 4.79 Å². The number of carbonyl (C=O) groups excluding carboxylic acids is 2. The Labute approximate surface area is 108 Å². The molecule has 2 aromatic carbocycles. The van der Waals surface area contributed by atoms with Crippen LogP contribution in [0.4, 0.5) is 4.79 Å². The fourth-order valence-corrected chi connectivity index (χ4v) is 2.30. The van der Waals surface area contributed by atoms with Gasteiger partial charge in [0.15, 0.2) is 5.78 Å². The van der Waals surface area contributed by atoms with Crippen LogP contribution in [0.25, 0.3) is 11.1 Å². The van der Waals surface area contributed by atoms with Gasteiger partial charge >= 0.3 is 5.43 Å². The van der Waals surface area contributed by atoms with Crippen molar-refractivity contribution in [3.8, 4) is 16.9 Å². The maximum absolute atomic E-state index is 12.2. The Morgan fingerprint density at radius 1 is 0.944 bits per heavy atom. The summed E-state index contributed by atoms with van der Waals surface area (Å²) in [5.41, 5.74) is 1.63. The lowest BCUT2D eigenvalue weighted by atomic mass is 10.1. The molecule has 0 N–H and O–H groups in total. The lowest BCUT2D eigenvalue weighted by Crippen LogP contribution is -1.99. The largest absolute Gasteiger partial charge is 0.414 e. The highest BCUT2D eigenvalue weighted by Gasteiger charge is 2.29. The summed E-state index contributed by atoms with van der Waals surface area (Å²) in [5, 5.41) is 0. The first-order valence-electron chi connectivity index (χ1n) is 5.33. The van der Waals surface area contributed by atoms with E-state index < -0.39 is 5.43 Å². The molecule has 0 saturated heterocycles. The van der Waals surface area contributed by atoms with Crippen LogP contribution in [0.3, 0.4) is 0 Å². The van der Waals surface area contributed by atoms with Crippen molar-refractivity contribution in [3.63, 3.8) is 0 Å². The molecule has 18 heavy (non-hydrogen) atoms. The van der Waals surface area contributed by atoms with Crippen LogP contribution in [-0.2, 0) is 0 Å². The summed E-state index contributed by atoms with van der Waals surface area (Å²) in [6.07, 6.45) is 0. The second-order valence-corrected chi connectivity index (χ2v) is 4.20. The van der Waals surface area contributed by atoms with Gasteiger partial charge in [0.05, 0.1) is 0 Å². The average Bonchev–Trinajstić information content (AvgIpc) is 2.65. The fourth-order valence-electron chi connectivity index (χ4n) is 2.21. The Balaban J connectivity index is 2.28. The first-order valence-corrected chi connectivity index (χ1v) is 5.70. The summed E-state index contributed by atoms with van der Waals surface area (Å²) in [6, 6.07) is 12.2. The number of fused-ring (bicyclic) bond motifs is 3. The lowest BCUT2D eigenvalue weighted by molar-refractivity contribution is 0.104. The first-order chi connectivity index (χ1) is 8.68. The molecule has 0 saturated carbocycles. The molecule has 2 aromatic rings. The van der Waals surface area contributed by atoms with Gasteiger partial charge in [0.1, 0.15) is 5.75 Å². The molecule has 0 radical (unpaired) electrons. The second-order valence-electron chi connectivity index (χ2n) is 3.89. The third-order valence-electron chi connectivity index (χ3n) is 2.90. The van der Waals surface area contributed by atoms with E-state index in [1.54, 1.807) is 30.3 Å². The summed E-state index contributed by atoms with van der Waals surface area (Å²) in [7, 11) is 0. The first kappa shape index (κ1) is 11.0. The number of rotatable bonds is 1. The predicted octanol–water partition coefficient (Wildman–Crippen LogP) is 3.64. The van der Waals surface area contributed by atoms with E-state index in [9.17, 15) is 9.59 Å². The van der Waals surface area contributed by atoms with E-state index >= 15 is 0 Å². The Hall–Kier alpha value is -2.13. The molecule has 0 aromatic heterocycles. The Morgan fingerprint density at radius 2 is 1.61 bits per heavy atom. The molecule has 0 aliphatic heterocycles. The van der Waals surface area contributed by atoms with Crippen molar-refractivity contribution < 1.29 is 14.3 Å². The third kappa shape index (κ3) is 1.52. The van der Waals surface area contributed by atoms with Crippen molar-refractivity contribution in [1.29, 1.82) is 0 Å². The SMILES string of the molecule is O=C(Cl)Oc1cccc2c1-c1ccccc1C2=O. The molecule has 0 amide bonds. The Kier molecular flexibility index (Phi) is 2.42. The minimum atomic E-state index is -0.916. The average molecular weight is 259 g/mol. The molecule has 4 heteroatoms. The van der Waals surface area contributed by atoms with Gasteiger partial charge in [-0.3, -0.25) is 4.79 Å². The van der Waals surface area contributed by atoms with Crippen molar-refractivity contribution in [1.82, 2.24) is 0 Å². The Morgan fingerprint density at radius 3 is 2.33 bits per heavy atom. The maximum Gasteiger partial charge on any atom is 0.409 e. The maximum atomic E-state index is 12.2. The van der Waals surface area contributed by atoms with E-state index in [1.807, 2.05) is 12.1 Å². The van der Waals surface area contributed by atoms with Gasteiger partial charge in [-0.15, -0.1) is 0 Å². The number of ketones is 1. The van der Waals surface area contributed by atoms with E-state index in [4.69, 9.17) is 16.3 Å². The van der Waals surface area contributed by atoms with Crippen molar-refractivity contribution in [3.05, 3.63) is 53.6 Å². The molecule has 0 atom stereocenters. The molecule has 0 unspecified atom stereocenters. The standard InChI is InChI=1S/C14H7ClO3/c15-14(17)18-11-7-3-6-10-12(11)8-4-1-2-5-9(8)13(10)16/h1-7H. The molecule has 0 spiro atoms. The minimum Gasteiger partial charge on any atom is -0.414 e. The molecule has 0 heterocycles. The monoisotopic (exact) mass is 258 g/mol. The third-order valence-corrected chi connectivity index (χ3v) is 2.98. The molecular formula is C14H7ClO3. The number of hydrogen-bond donors (Lipinski definition) is 0. The summed E-state index contributed by atoms with van der Waals surface area (Å²) in [6.45, 7) is 0. The smallest absolute Gasteiger partial charge is 0.409 e. The highest BCUT2D eigenvalue weighted by Crippen LogP contribution is 2.42. The number of benzene rings is 2. The van der Waals surface area contributed by atoms with Gasteiger partial charge in [0, 0.05) is 28.3 Å². The quantitative estimate of drug-likeness (QED) is 0.626. The topological polar surface area (TPSA) is 43.4 Å². The summed E-state index contributed by atoms with van der Waals surface area (Å²) in [4.78, 5) is 23.0. The molecule has 1 aliphatic rings. The molecule has 1 aliphatic carbocycles. The lowest BCUT2D eigenvalue weighted by Gasteiger charge is -2.06. The molecule has 3 rings (SSSR count). The zero-order valence-electron chi connectivity index (χ0n) is 9.14. The molecular weight excluding hydrogens is 252 g/mol. The molecule has 88 valence electrons. The number of hydrogen-bond acceptors (Lipinski definition) is 3. The van der Waals surface area contributed by atoms with Crippen LogP contribution in [0.1, 0.15) is 15.9 Å². The van der Waals surface area contributed by atoms with E-state index in [0.29, 0.717) is 22.4 Å². The Bertz CT molecular complexity index is 676. The van der Waals surface area contributed by atoms with Gasteiger partial charge in [0.25, 0.3) is 0 Å². The zero-order chi connectivity index (χ0) is 12.7. The van der Waals surface area contributed by atoms with Gasteiger partial charge in [-0.2, -0.15) is 0 Å². The van der Waals surface area contributed by atoms with Crippen LogP contribution in [0.2, 0.25) is 0 Å². The molecule has 3 nitrogen and oxygen atoms in total. The predicted molar refractivity (Wildman–Crippen MR) is 67.2 cm³/mol. The van der Waals surface area contributed by atoms with Crippen LogP contribution in [0.15, 0.2) is 42.5 Å². The van der Waals surface area contributed by atoms with Gasteiger partial charge in [-0.05, 0) is 11.6 Å². The zero-order valence-corrected chi connectivity index (χ0v) is 9.90. The molecule has 0 bridgehead atoms. The molecule has 0 fully saturated rings. The van der Waals surface area contributed by atoms with Crippen LogP contribution >= 0.6 is 11.6 Å². The second kappa shape index (κ2) is 3.96. The number of carbonyl (C=O) groups is 2. The van der Waals surface area contributed by atoms with Crippen LogP contribution in [-0.4, -0.2) is 11.2 Å². The summed E-state index contributed by atoms with van der Waals surface area (Å²) >= 11 is 5.23. The van der Waals surface area contributed by atoms with Gasteiger partial charge in [0.2, 0.25) is 0 Å². The van der Waals surface area contributed by atoms with E-state index in [0.717, 1.165) is 5.56 Å². The minimum absolute atomic E-state index is 0.0620. The van der Waals surface area contributed by atoms with Crippen LogP contribution < -0.4 is 4.74 Å². The van der Waals surface area contributed by atoms with Crippen LogP contribution in [0, 0.1) is 0 Å². The number of halogens is 1. The van der Waals surface area contributed by atoms with Crippen molar-refractivity contribution in [2.24, 2.45) is 0 Å². The van der Waals surface area contributed by atoms with Crippen LogP contribution in [0.5, 0.6) is 5.75 Å². The van der Waals surface area contributed by atoms with E-state index in [2.05, 4.69) is 0 Å². The number of ether oxygens (including phenoxy) is 1.